The molecule has 3 aromatic rings. The molecule has 2 aromatic carbocycles. The molecule has 1 fully saturated rings. The van der Waals surface area contributed by atoms with Crippen molar-refractivity contribution in [1.29, 1.82) is 0 Å². The van der Waals surface area contributed by atoms with Gasteiger partial charge in [-0.25, -0.2) is 0 Å². The fraction of sp³-hybridized carbons (Fsp3) is 0.364. The van der Waals surface area contributed by atoms with Crippen molar-refractivity contribution in [1.82, 2.24) is 10.1 Å². The zero-order valence-electron chi connectivity index (χ0n) is 17.3. The maximum absolute atomic E-state index is 5.59. The summed E-state index contributed by atoms with van der Waals surface area (Å²) >= 11 is 0. The van der Waals surface area contributed by atoms with Gasteiger partial charge in [-0.05, 0) is 49.7 Å². The van der Waals surface area contributed by atoms with Gasteiger partial charge in [-0.3, -0.25) is 0 Å². The van der Waals surface area contributed by atoms with Gasteiger partial charge in [-0.2, -0.15) is 4.98 Å². The molecule has 0 amide bonds. The number of aromatic nitrogens is 2. The van der Waals surface area contributed by atoms with Gasteiger partial charge >= 0.3 is 6.01 Å². The van der Waals surface area contributed by atoms with Crippen molar-refractivity contribution in [3.05, 3.63) is 48.0 Å². The summed E-state index contributed by atoms with van der Waals surface area (Å²) < 4.78 is 16.4. The first-order valence-corrected chi connectivity index (χ1v) is 9.73. The molecule has 0 bridgehead atoms. The molecule has 1 aliphatic rings. The summed E-state index contributed by atoms with van der Waals surface area (Å²) in [4.78, 5) is 9.19. The number of anilines is 2. The third-order valence-electron chi connectivity index (χ3n) is 5.29. The maximum Gasteiger partial charge on any atom is 0.324 e. The van der Waals surface area contributed by atoms with E-state index in [0.717, 1.165) is 25.2 Å². The van der Waals surface area contributed by atoms with Crippen LogP contribution in [0.3, 0.4) is 0 Å². The Labute approximate surface area is 170 Å². The molecule has 1 aliphatic heterocycles. The Bertz CT molecular complexity index is 988. The first-order valence-electron chi connectivity index (χ1n) is 9.73. The highest BCUT2D eigenvalue weighted by atomic mass is 16.5. The summed E-state index contributed by atoms with van der Waals surface area (Å²) in [6.07, 6.45) is 0. The second-order valence-corrected chi connectivity index (χ2v) is 7.29. The standard InChI is InChI=1S/C22H26N4O3/c1-15-6-5-7-17(12-15)26-11-10-25(14-16(26)2)22-23-21(24-29-22)19-13-18(27-3)8-9-20(19)28-4/h5-9,12-13,16H,10-11,14H2,1-4H3/t16-/m0/s1. The van der Waals surface area contributed by atoms with Crippen LogP contribution < -0.4 is 19.3 Å². The number of ether oxygens (including phenoxy) is 2. The molecule has 0 radical (unpaired) electrons. The average Bonchev–Trinajstić information content (AvgIpc) is 3.23. The summed E-state index contributed by atoms with van der Waals surface area (Å²) in [7, 11) is 3.25. The number of piperazine rings is 1. The number of hydrogen-bond donors (Lipinski definition) is 0. The first-order chi connectivity index (χ1) is 14.1. The molecule has 0 saturated carbocycles. The second kappa shape index (κ2) is 8.03. The number of methoxy groups -OCH3 is 2. The Hall–Kier alpha value is -3.22. The number of nitrogens with zero attached hydrogens (tertiary/aromatic N) is 4. The Kier molecular flexibility index (Phi) is 5.29. The van der Waals surface area contributed by atoms with Gasteiger partial charge in [-0.15, -0.1) is 0 Å². The van der Waals surface area contributed by atoms with E-state index in [0.29, 0.717) is 29.4 Å². The fourth-order valence-corrected chi connectivity index (χ4v) is 3.76. The number of rotatable bonds is 5. The normalized spacial score (nSPS) is 16.8. The summed E-state index contributed by atoms with van der Waals surface area (Å²) in [5.74, 6) is 1.88. The molecule has 152 valence electrons. The van der Waals surface area contributed by atoms with Crippen LogP contribution in [0.15, 0.2) is 47.0 Å². The van der Waals surface area contributed by atoms with Crippen LogP contribution in [-0.4, -0.2) is 50.0 Å². The average molecular weight is 394 g/mol. The Morgan fingerprint density at radius 3 is 2.66 bits per heavy atom. The van der Waals surface area contributed by atoms with E-state index in [1.54, 1.807) is 14.2 Å². The minimum Gasteiger partial charge on any atom is -0.497 e. The summed E-state index contributed by atoms with van der Waals surface area (Å²) in [5, 5.41) is 4.18. The molecule has 2 heterocycles. The third-order valence-corrected chi connectivity index (χ3v) is 5.29. The van der Waals surface area contributed by atoms with Crippen molar-refractivity contribution in [3.8, 4) is 22.9 Å². The van der Waals surface area contributed by atoms with Gasteiger partial charge in [0, 0.05) is 31.4 Å². The van der Waals surface area contributed by atoms with Crippen molar-refractivity contribution in [3.63, 3.8) is 0 Å². The summed E-state index contributed by atoms with van der Waals surface area (Å²) in [5.41, 5.74) is 3.27. The molecule has 0 aliphatic carbocycles. The van der Waals surface area contributed by atoms with Crippen LogP contribution in [0.25, 0.3) is 11.4 Å². The lowest BCUT2D eigenvalue weighted by Gasteiger charge is -2.40. The number of aryl methyl sites for hydroxylation is 1. The first kappa shape index (κ1) is 19.1. The monoisotopic (exact) mass is 394 g/mol. The third kappa shape index (κ3) is 3.85. The number of benzene rings is 2. The van der Waals surface area contributed by atoms with Crippen LogP contribution in [0.2, 0.25) is 0 Å². The highest BCUT2D eigenvalue weighted by Crippen LogP contribution is 2.33. The zero-order valence-corrected chi connectivity index (χ0v) is 17.3. The SMILES string of the molecule is COc1ccc(OC)c(-c2noc(N3CCN(c4cccc(C)c4)[C@@H](C)C3)n2)c1. The molecule has 29 heavy (non-hydrogen) atoms. The van der Waals surface area contributed by atoms with E-state index in [1.807, 2.05) is 18.2 Å². The molecule has 4 rings (SSSR count). The van der Waals surface area contributed by atoms with Gasteiger partial charge in [0.1, 0.15) is 11.5 Å². The van der Waals surface area contributed by atoms with Gasteiger partial charge < -0.3 is 23.8 Å². The zero-order chi connectivity index (χ0) is 20.4. The van der Waals surface area contributed by atoms with E-state index < -0.39 is 0 Å². The molecule has 0 N–H and O–H groups in total. The van der Waals surface area contributed by atoms with Crippen LogP contribution in [0, 0.1) is 6.92 Å². The van der Waals surface area contributed by atoms with Gasteiger partial charge in [-0.1, -0.05) is 17.3 Å². The largest absolute Gasteiger partial charge is 0.497 e. The second-order valence-electron chi connectivity index (χ2n) is 7.29. The topological polar surface area (TPSA) is 63.9 Å². The molecule has 0 spiro atoms. The molecular formula is C22H26N4O3. The van der Waals surface area contributed by atoms with E-state index in [4.69, 9.17) is 14.0 Å². The van der Waals surface area contributed by atoms with E-state index in [2.05, 4.69) is 58.1 Å². The molecule has 0 unspecified atom stereocenters. The molecule has 7 nitrogen and oxygen atoms in total. The van der Waals surface area contributed by atoms with Gasteiger partial charge in [0.2, 0.25) is 5.82 Å². The maximum atomic E-state index is 5.59. The lowest BCUT2D eigenvalue weighted by Crippen LogP contribution is -2.52. The van der Waals surface area contributed by atoms with E-state index in [9.17, 15) is 0 Å². The van der Waals surface area contributed by atoms with Gasteiger partial charge in [0.05, 0.1) is 19.8 Å². The highest BCUT2D eigenvalue weighted by molar-refractivity contribution is 5.66. The van der Waals surface area contributed by atoms with Crippen LogP contribution in [0.5, 0.6) is 11.5 Å². The minimum absolute atomic E-state index is 0.326. The van der Waals surface area contributed by atoms with Crippen molar-refractivity contribution >= 4 is 11.7 Å². The smallest absolute Gasteiger partial charge is 0.324 e. The summed E-state index contributed by atoms with van der Waals surface area (Å²) in [6.45, 7) is 6.86. The van der Waals surface area contributed by atoms with Crippen molar-refractivity contribution in [2.24, 2.45) is 0 Å². The van der Waals surface area contributed by atoms with E-state index in [-0.39, 0.29) is 0 Å². The molecule has 1 atom stereocenters. The molecule has 7 heteroatoms. The summed E-state index contributed by atoms with van der Waals surface area (Å²) in [6, 6.07) is 15.0. The van der Waals surface area contributed by atoms with Crippen LogP contribution in [0.1, 0.15) is 12.5 Å². The van der Waals surface area contributed by atoms with Crippen molar-refractivity contribution in [2.45, 2.75) is 19.9 Å². The lowest BCUT2D eigenvalue weighted by atomic mass is 10.1. The number of hydrogen-bond acceptors (Lipinski definition) is 7. The predicted octanol–water partition coefficient (Wildman–Crippen LogP) is 3.78. The van der Waals surface area contributed by atoms with Gasteiger partial charge in [0.25, 0.3) is 0 Å². The predicted molar refractivity (Wildman–Crippen MR) is 113 cm³/mol. The molecular weight excluding hydrogens is 368 g/mol. The van der Waals surface area contributed by atoms with E-state index in [1.165, 1.54) is 11.3 Å². The highest BCUT2D eigenvalue weighted by Gasteiger charge is 2.27. The van der Waals surface area contributed by atoms with Crippen LogP contribution in [-0.2, 0) is 0 Å². The van der Waals surface area contributed by atoms with Crippen molar-refractivity contribution in [2.75, 3.05) is 43.7 Å². The Morgan fingerprint density at radius 2 is 1.93 bits per heavy atom. The van der Waals surface area contributed by atoms with Gasteiger partial charge in [0.15, 0.2) is 0 Å². The van der Waals surface area contributed by atoms with Crippen LogP contribution in [0.4, 0.5) is 11.7 Å². The van der Waals surface area contributed by atoms with Crippen LogP contribution >= 0.6 is 0 Å². The lowest BCUT2D eigenvalue weighted by molar-refractivity contribution is 0.397. The Balaban J connectivity index is 1.53. The Morgan fingerprint density at radius 1 is 1.07 bits per heavy atom. The van der Waals surface area contributed by atoms with Crippen molar-refractivity contribution < 1.29 is 14.0 Å². The fourth-order valence-electron chi connectivity index (χ4n) is 3.76. The molecule has 1 saturated heterocycles. The molecule has 1 aromatic heterocycles. The van der Waals surface area contributed by atoms with E-state index >= 15 is 0 Å². The quantitative estimate of drug-likeness (QED) is 0.652. The minimum atomic E-state index is 0.326.